The second-order valence-electron chi connectivity index (χ2n) is 8.22. The fraction of sp³-hybridized carbons (Fsp3) is 0.409. The topological polar surface area (TPSA) is 79.0 Å². The van der Waals surface area contributed by atoms with Gasteiger partial charge in [-0.3, -0.25) is 0 Å². The molecule has 1 N–H and O–H groups in total. The van der Waals surface area contributed by atoms with Gasteiger partial charge in [0.25, 0.3) is 10.0 Å². The van der Waals surface area contributed by atoms with Gasteiger partial charge in [-0.05, 0) is 18.1 Å². The van der Waals surface area contributed by atoms with Crippen LogP contribution < -0.4 is 9.46 Å². The van der Waals surface area contributed by atoms with Crippen molar-refractivity contribution in [2.45, 2.75) is 30.4 Å². The lowest BCUT2D eigenvalue weighted by atomic mass is 9.95. The standard InChI is InChI=1S/C22H23F4N3O4S/c1-28-9-10-33-18-8-3-2-6-14(18)15-7-4-5-13(19(15)24)11-17-20(27-34(31,32)21(25)26)16(23)12-29(17)22(28)30/h2-8,16-17,20-21,27H,9-12H2,1H3/t16-,17?,20-/m0/s1. The molecule has 2 amide bonds. The van der Waals surface area contributed by atoms with Gasteiger partial charge >= 0.3 is 11.8 Å². The number of alkyl halides is 3. The molecule has 1 fully saturated rings. The summed E-state index contributed by atoms with van der Waals surface area (Å²) in [7, 11) is -3.70. The zero-order chi connectivity index (χ0) is 24.6. The summed E-state index contributed by atoms with van der Waals surface area (Å²) in [6.45, 7) is -0.382. The summed E-state index contributed by atoms with van der Waals surface area (Å²) in [6, 6.07) is 7.76. The van der Waals surface area contributed by atoms with Crippen LogP contribution in [0.25, 0.3) is 11.1 Å². The lowest BCUT2D eigenvalue weighted by Crippen LogP contribution is -2.52. The Morgan fingerprint density at radius 1 is 1.12 bits per heavy atom. The van der Waals surface area contributed by atoms with Gasteiger partial charge in [-0.15, -0.1) is 0 Å². The van der Waals surface area contributed by atoms with Gasteiger partial charge in [0.1, 0.15) is 24.3 Å². The number of fused-ring (bicyclic) bond motifs is 5. The summed E-state index contributed by atoms with van der Waals surface area (Å²) >= 11 is 0. The average molecular weight is 502 g/mol. The van der Waals surface area contributed by atoms with Crippen LogP contribution >= 0.6 is 0 Å². The monoisotopic (exact) mass is 501 g/mol. The van der Waals surface area contributed by atoms with E-state index in [4.69, 9.17) is 4.74 Å². The number of carbonyl (C=O) groups excluding carboxylic acids is 1. The van der Waals surface area contributed by atoms with Crippen molar-refractivity contribution in [3.63, 3.8) is 0 Å². The fourth-order valence-corrected chi connectivity index (χ4v) is 5.10. The molecule has 0 radical (unpaired) electrons. The van der Waals surface area contributed by atoms with E-state index in [1.165, 1.54) is 18.0 Å². The number of rotatable bonds is 3. The largest absolute Gasteiger partial charge is 0.491 e. The lowest BCUT2D eigenvalue weighted by Gasteiger charge is -2.31. The zero-order valence-electron chi connectivity index (χ0n) is 18.1. The molecule has 0 saturated carbocycles. The summed E-state index contributed by atoms with van der Waals surface area (Å²) in [5, 5.41) is 0. The van der Waals surface area contributed by atoms with Gasteiger partial charge < -0.3 is 14.5 Å². The molecule has 0 aliphatic carbocycles. The summed E-state index contributed by atoms with van der Waals surface area (Å²) in [5.74, 6) is -4.03. The van der Waals surface area contributed by atoms with E-state index >= 15 is 4.39 Å². The Morgan fingerprint density at radius 3 is 2.56 bits per heavy atom. The fourth-order valence-electron chi connectivity index (χ4n) is 4.32. The van der Waals surface area contributed by atoms with Crippen molar-refractivity contribution >= 4 is 16.1 Å². The number of amides is 2. The molecule has 1 unspecified atom stereocenters. The molecule has 0 spiro atoms. The van der Waals surface area contributed by atoms with Crippen LogP contribution in [-0.2, 0) is 16.4 Å². The number of carbonyl (C=O) groups is 1. The maximum atomic E-state index is 15.6. The minimum atomic E-state index is -5.16. The summed E-state index contributed by atoms with van der Waals surface area (Å²) in [6.07, 6.45) is -2.26. The van der Waals surface area contributed by atoms with Crippen molar-refractivity contribution in [3.05, 3.63) is 53.8 Å². The summed E-state index contributed by atoms with van der Waals surface area (Å²) in [4.78, 5) is 15.4. The van der Waals surface area contributed by atoms with Gasteiger partial charge in [0.2, 0.25) is 0 Å². The van der Waals surface area contributed by atoms with Gasteiger partial charge in [-0.25, -0.2) is 26.7 Å². The highest BCUT2D eigenvalue weighted by Gasteiger charge is 2.48. The number of para-hydroxylation sites is 1. The molecule has 3 atom stereocenters. The highest BCUT2D eigenvalue weighted by molar-refractivity contribution is 7.89. The molecular weight excluding hydrogens is 478 g/mol. The van der Waals surface area contributed by atoms with Crippen molar-refractivity contribution in [1.82, 2.24) is 14.5 Å². The molecule has 34 heavy (non-hydrogen) atoms. The Bertz CT molecular complexity index is 1180. The van der Waals surface area contributed by atoms with Crippen LogP contribution in [0.15, 0.2) is 42.5 Å². The third-order valence-electron chi connectivity index (χ3n) is 6.05. The smallest absolute Gasteiger partial charge is 0.350 e. The average Bonchev–Trinajstić information content (AvgIpc) is 3.09. The number of ether oxygens (including phenoxy) is 1. The number of nitrogens with one attached hydrogen (secondary N) is 1. The Hall–Kier alpha value is -2.86. The quantitative estimate of drug-likeness (QED) is 0.656. The SMILES string of the molecule is CN1CCOc2ccccc2-c2cccc(c2F)CC2[C@@H](NS(=O)(=O)C(F)F)[C@@H](F)CN2C1=O. The predicted octanol–water partition coefficient (Wildman–Crippen LogP) is 3.01. The van der Waals surface area contributed by atoms with E-state index in [1.807, 2.05) is 0 Å². The number of sulfonamides is 1. The van der Waals surface area contributed by atoms with E-state index in [-0.39, 0.29) is 30.7 Å². The van der Waals surface area contributed by atoms with Crippen molar-refractivity contribution in [3.8, 4) is 16.9 Å². The highest BCUT2D eigenvalue weighted by Crippen LogP contribution is 2.35. The number of benzene rings is 2. The van der Waals surface area contributed by atoms with Gasteiger partial charge in [0.05, 0.1) is 25.2 Å². The van der Waals surface area contributed by atoms with Gasteiger partial charge in [-0.1, -0.05) is 36.4 Å². The molecule has 2 aromatic rings. The minimum Gasteiger partial charge on any atom is -0.491 e. The van der Waals surface area contributed by atoms with E-state index in [9.17, 15) is 26.4 Å². The molecule has 184 valence electrons. The van der Waals surface area contributed by atoms with Gasteiger partial charge in [0, 0.05) is 18.2 Å². The van der Waals surface area contributed by atoms with E-state index in [0.29, 0.717) is 11.3 Å². The molecular formula is C22H23F4N3O4S. The van der Waals surface area contributed by atoms with Crippen molar-refractivity contribution in [1.29, 1.82) is 0 Å². The molecule has 2 aliphatic heterocycles. The number of urea groups is 1. The number of likely N-dealkylation sites (N-methyl/N-ethyl adjacent to an activating group) is 1. The van der Waals surface area contributed by atoms with Crippen LogP contribution in [0.5, 0.6) is 5.75 Å². The highest BCUT2D eigenvalue weighted by atomic mass is 32.2. The Labute approximate surface area is 194 Å². The molecule has 2 aromatic carbocycles. The van der Waals surface area contributed by atoms with Crippen LogP contribution in [0.2, 0.25) is 0 Å². The van der Waals surface area contributed by atoms with E-state index < -0.39 is 52.4 Å². The molecule has 12 heteroatoms. The number of halogens is 4. The molecule has 2 bridgehead atoms. The molecule has 4 rings (SSSR count). The predicted molar refractivity (Wildman–Crippen MR) is 116 cm³/mol. The molecule has 2 heterocycles. The van der Waals surface area contributed by atoms with Crippen molar-refractivity contribution in [2.24, 2.45) is 0 Å². The van der Waals surface area contributed by atoms with Gasteiger partial charge in [-0.2, -0.15) is 8.78 Å². The third-order valence-corrected chi connectivity index (χ3v) is 7.12. The van der Waals surface area contributed by atoms with Crippen molar-refractivity contribution in [2.75, 3.05) is 26.7 Å². The Morgan fingerprint density at radius 2 is 1.82 bits per heavy atom. The first-order chi connectivity index (χ1) is 16.1. The number of nitrogens with zero attached hydrogens (tertiary/aromatic N) is 2. The Kier molecular flexibility index (Phi) is 6.72. The summed E-state index contributed by atoms with van der Waals surface area (Å²) < 4.78 is 87.7. The minimum absolute atomic E-state index is 0.0551. The van der Waals surface area contributed by atoms with Crippen LogP contribution in [0.4, 0.5) is 22.4 Å². The first kappa shape index (κ1) is 24.3. The second kappa shape index (κ2) is 9.41. The summed E-state index contributed by atoms with van der Waals surface area (Å²) in [5.41, 5.74) is 0.752. The van der Waals surface area contributed by atoms with Gasteiger partial charge in [0.15, 0.2) is 0 Å². The lowest BCUT2D eigenvalue weighted by molar-refractivity contribution is 0.146. The third kappa shape index (κ3) is 4.56. The van der Waals surface area contributed by atoms with E-state index in [0.717, 1.165) is 4.90 Å². The molecule has 2 aliphatic rings. The first-order valence-corrected chi connectivity index (χ1v) is 12.1. The maximum Gasteiger partial charge on any atom is 0.350 e. The molecule has 7 nitrogen and oxygen atoms in total. The Balaban J connectivity index is 1.81. The number of hydrogen-bond donors (Lipinski definition) is 1. The second-order valence-corrected chi connectivity index (χ2v) is 9.90. The van der Waals surface area contributed by atoms with Crippen LogP contribution in [-0.4, -0.2) is 75.0 Å². The number of hydrogen-bond acceptors (Lipinski definition) is 4. The van der Waals surface area contributed by atoms with E-state index in [1.54, 1.807) is 41.1 Å². The molecule has 0 aromatic heterocycles. The normalized spacial score (nSPS) is 23.5. The zero-order valence-corrected chi connectivity index (χ0v) is 18.9. The maximum absolute atomic E-state index is 15.6. The molecule has 1 saturated heterocycles. The first-order valence-electron chi connectivity index (χ1n) is 10.5. The van der Waals surface area contributed by atoms with Crippen molar-refractivity contribution < 1.29 is 35.5 Å². The van der Waals surface area contributed by atoms with E-state index in [2.05, 4.69) is 0 Å². The van der Waals surface area contributed by atoms with Crippen LogP contribution in [0.3, 0.4) is 0 Å². The van der Waals surface area contributed by atoms with Crippen LogP contribution in [0.1, 0.15) is 5.56 Å². The van der Waals surface area contributed by atoms with Crippen LogP contribution in [0, 0.1) is 5.82 Å².